The van der Waals surface area contributed by atoms with Crippen molar-refractivity contribution in [1.29, 1.82) is 0 Å². The van der Waals surface area contributed by atoms with E-state index < -0.39 is 0 Å². The van der Waals surface area contributed by atoms with Crippen LogP contribution in [0.1, 0.15) is 46.2 Å². The Morgan fingerprint density at radius 1 is 1.05 bits per heavy atom. The predicted octanol–water partition coefficient (Wildman–Crippen LogP) is 4.28. The van der Waals surface area contributed by atoms with E-state index in [0.717, 1.165) is 5.92 Å². The smallest absolute Gasteiger partial charge is 0.0335 e. The lowest BCUT2D eigenvalue weighted by Crippen LogP contribution is -2.16. The minimum atomic E-state index is 0.186. The minimum absolute atomic E-state index is 0.186. The monoisotopic (exact) mass is 277 g/mol. The fourth-order valence-electron chi connectivity index (χ4n) is 4.45. The summed E-state index contributed by atoms with van der Waals surface area (Å²) in [5, 5.41) is 0. The lowest BCUT2D eigenvalue weighted by molar-refractivity contribution is 0.553. The molecule has 1 fully saturated rings. The molecule has 4 rings (SSSR count). The third-order valence-electron chi connectivity index (χ3n) is 5.81. The van der Waals surface area contributed by atoms with Gasteiger partial charge in [-0.05, 0) is 72.3 Å². The van der Waals surface area contributed by atoms with Crippen LogP contribution in [-0.2, 0) is 6.42 Å². The van der Waals surface area contributed by atoms with Crippen molar-refractivity contribution in [3.8, 4) is 0 Å². The summed E-state index contributed by atoms with van der Waals surface area (Å²) in [5.41, 5.74) is 13.9. The third-order valence-corrected chi connectivity index (χ3v) is 5.81. The zero-order valence-electron chi connectivity index (χ0n) is 12.8. The number of hydrogen-bond acceptors (Lipinski definition) is 1. The van der Waals surface area contributed by atoms with Crippen LogP contribution in [0, 0.1) is 25.7 Å². The van der Waals surface area contributed by atoms with Gasteiger partial charge in [-0.3, -0.25) is 0 Å². The van der Waals surface area contributed by atoms with Gasteiger partial charge in [-0.25, -0.2) is 0 Å². The Kier molecular flexibility index (Phi) is 2.93. The molecule has 2 aliphatic rings. The SMILES string of the molecule is Cc1cccc(C(N)C2C3CCc4ccccc4C32)c1C. The first-order chi connectivity index (χ1) is 10.2. The van der Waals surface area contributed by atoms with Crippen LogP contribution in [0.5, 0.6) is 0 Å². The Labute approximate surface area is 127 Å². The van der Waals surface area contributed by atoms with Gasteiger partial charge in [0.2, 0.25) is 0 Å². The summed E-state index contributed by atoms with van der Waals surface area (Å²) in [5.74, 6) is 2.13. The summed E-state index contributed by atoms with van der Waals surface area (Å²) in [7, 11) is 0. The first-order valence-electron chi connectivity index (χ1n) is 8.08. The Bertz CT molecular complexity index is 688. The summed E-state index contributed by atoms with van der Waals surface area (Å²) in [6.07, 6.45) is 2.54. The van der Waals surface area contributed by atoms with E-state index in [0.29, 0.717) is 11.8 Å². The zero-order chi connectivity index (χ0) is 14.6. The maximum Gasteiger partial charge on any atom is 0.0335 e. The molecule has 108 valence electrons. The van der Waals surface area contributed by atoms with Crippen LogP contribution < -0.4 is 5.73 Å². The first-order valence-corrected chi connectivity index (χ1v) is 8.08. The lowest BCUT2D eigenvalue weighted by atomic mass is 9.91. The number of aryl methyl sites for hydroxylation is 2. The van der Waals surface area contributed by atoms with Crippen LogP contribution in [0.15, 0.2) is 42.5 Å². The van der Waals surface area contributed by atoms with Crippen LogP contribution >= 0.6 is 0 Å². The molecule has 0 radical (unpaired) electrons. The third kappa shape index (κ3) is 1.95. The molecule has 0 aliphatic heterocycles. The highest BCUT2D eigenvalue weighted by molar-refractivity contribution is 5.43. The van der Waals surface area contributed by atoms with Gasteiger partial charge in [0, 0.05) is 6.04 Å². The van der Waals surface area contributed by atoms with Gasteiger partial charge in [-0.15, -0.1) is 0 Å². The van der Waals surface area contributed by atoms with Gasteiger partial charge in [0.1, 0.15) is 0 Å². The van der Waals surface area contributed by atoms with Crippen LogP contribution in [0.2, 0.25) is 0 Å². The number of rotatable bonds is 2. The van der Waals surface area contributed by atoms with Crippen LogP contribution in [0.4, 0.5) is 0 Å². The van der Waals surface area contributed by atoms with E-state index in [2.05, 4.69) is 56.3 Å². The van der Waals surface area contributed by atoms with E-state index in [4.69, 9.17) is 5.73 Å². The van der Waals surface area contributed by atoms with Gasteiger partial charge < -0.3 is 5.73 Å². The second-order valence-electron chi connectivity index (χ2n) is 6.82. The molecule has 2 aromatic carbocycles. The molecular weight excluding hydrogens is 254 g/mol. The highest BCUT2D eigenvalue weighted by atomic mass is 14.7. The lowest BCUT2D eigenvalue weighted by Gasteiger charge is -2.16. The zero-order valence-corrected chi connectivity index (χ0v) is 12.8. The van der Waals surface area contributed by atoms with E-state index in [-0.39, 0.29) is 6.04 Å². The van der Waals surface area contributed by atoms with Gasteiger partial charge in [0.25, 0.3) is 0 Å². The standard InChI is InChI=1S/C20H23N/c1-12-6-5-9-15(13(12)2)20(21)19-17-11-10-14-7-3-4-8-16(14)18(17)19/h3-9,17-20H,10-11,21H2,1-2H3. The average Bonchev–Trinajstić information content (AvgIpc) is 3.24. The van der Waals surface area contributed by atoms with Gasteiger partial charge >= 0.3 is 0 Å². The van der Waals surface area contributed by atoms with Crippen molar-refractivity contribution in [2.45, 2.75) is 38.6 Å². The number of benzene rings is 2. The highest BCUT2D eigenvalue weighted by Gasteiger charge is 2.55. The Morgan fingerprint density at radius 3 is 2.71 bits per heavy atom. The van der Waals surface area contributed by atoms with E-state index >= 15 is 0 Å². The highest BCUT2D eigenvalue weighted by Crippen LogP contribution is 2.63. The second-order valence-corrected chi connectivity index (χ2v) is 6.82. The largest absolute Gasteiger partial charge is 0.324 e. The molecule has 21 heavy (non-hydrogen) atoms. The van der Waals surface area contributed by atoms with E-state index in [1.807, 2.05) is 0 Å². The van der Waals surface area contributed by atoms with E-state index in [9.17, 15) is 0 Å². The van der Waals surface area contributed by atoms with Crippen molar-refractivity contribution < 1.29 is 0 Å². The van der Waals surface area contributed by atoms with Gasteiger partial charge in [-0.2, -0.15) is 0 Å². The summed E-state index contributed by atoms with van der Waals surface area (Å²) < 4.78 is 0. The normalized spacial score (nSPS) is 27.7. The molecule has 0 heterocycles. The summed E-state index contributed by atoms with van der Waals surface area (Å²) in [6, 6.07) is 15.7. The predicted molar refractivity (Wildman–Crippen MR) is 87.3 cm³/mol. The van der Waals surface area contributed by atoms with Crippen molar-refractivity contribution >= 4 is 0 Å². The fraction of sp³-hybridized carbons (Fsp3) is 0.400. The molecule has 4 unspecified atom stereocenters. The van der Waals surface area contributed by atoms with Crippen LogP contribution in [-0.4, -0.2) is 0 Å². The number of fused-ring (bicyclic) bond motifs is 3. The van der Waals surface area contributed by atoms with Crippen molar-refractivity contribution in [3.63, 3.8) is 0 Å². The Balaban J connectivity index is 1.66. The van der Waals surface area contributed by atoms with Crippen LogP contribution in [0.25, 0.3) is 0 Å². The first kappa shape index (κ1) is 13.1. The molecule has 2 aliphatic carbocycles. The Morgan fingerprint density at radius 2 is 1.86 bits per heavy atom. The molecule has 2 N–H and O–H groups in total. The molecule has 0 spiro atoms. The van der Waals surface area contributed by atoms with Crippen LogP contribution in [0.3, 0.4) is 0 Å². The van der Waals surface area contributed by atoms with Gasteiger partial charge in [-0.1, -0.05) is 42.5 Å². The molecular formula is C20H23N. The maximum atomic E-state index is 6.69. The van der Waals surface area contributed by atoms with E-state index in [1.54, 1.807) is 11.1 Å². The molecule has 0 aromatic heterocycles. The maximum absolute atomic E-state index is 6.69. The quantitative estimate of drug-likeness (QED) is 0.871. The number of hydrogen-bond donors (Lipinski definition) is 1. The average molecular weight is 277 g/mol. The minimum Gasteiger partial charge on any atom is -0.324 e. The molecule has 1 heteroatoms. The van der Waals surface area contributed by atoms with Gasteiger partial charge in [0.15, 0.2) is 0 Å². The van der Waals surface area contributed by atoms with Crippen molar-refractivity contribution in [3.05, 3.63) is 70.3 Å². The molecule has 0 bridgehead atoms. The molecule has 4 atom stereocenters. The molecule has 0 saturated heterocycles. The summed E-state index contributed by atoms with van der Waals surface area (Å²) >= 11 is 0. The Hall–Kier alpha value is -1.60. The fourth-order valence-corrected chi connectivity index (χ4v) is 4.45. The van der Waals surface area contributed by atoms with Crippen molar-refractivity contribution in [2.24, 2.45) is 17.6 Å². The van der Waals surface area contributed by atoms with Crippen molar-refractivity contribution in [1.82, 2.24) is 0 Å². The summed E-state index contributed by atoms with van der Waals surface area (Å²) in [4.78, 5) is 0. The summed E-state index contributed by atoms with van der Waals surface area (Å²) in [6.45, 7) is 4.39. The second kappa shape index (κ2) is 4.71. The van der Waals surface area contributed by atoms with E-state index in [1.165, 1.54) is 29.5 Å². The topological polar surface area (TPSA) is 26.0 Å². The molecule has 1 nitrogen and oxygen atoms in total. The number of nitrogens with two attached hydrogens (primary N) is 1. The molecule has 2 aromatic rings. The molecule has 1 saturated carbocycles. The molecule has 0 amide bonds. The van der Waals surface area contributed by atoms with Crippen molar-refractivity contribution in [2.75, 3.05) is 0 Å². The van der Waals surface area contributed by atoms with Gasteiger partial charge in [0.05, 0.1) is 0 Å².